The second kappa shape index (κ2) is 6.49. The number of phenols is 1. The number of hydrogen-bond acceptors (Lipinski definition) is 5. The molecule has 0 aliphatic carbocycles. The molecule has 4 rings (SSSR count). The maximum absolute atomic E-state index is 11.3. The van der Waals surface area contributed by atoms with E-state index in [1.165, 1.54) is 12.1 Å². The number of H-pyrrole nitrogens is 1. The number of aromatic nitrogens is 3. The summed E-state index contributed by atoms with van der Waals surface area (Å²) in [5.41, 5.74) is 2.14. The number of nitro benzene ring substituents is 1. The largest absolute Gasteiger partial charge is 0.502 e. The number of imidazole rings is 1. The number of ether oxygens (including phenoxy) is 1. The molecule has 0 aliphatic heterocycles. The van der Waals surface area contributed by atoms with E-state index in [0.717, 1.165) is 16.5 Å². The number of nitro groups is 1. The van der Waals surface area contributed by atoms with E-state index in [-0.39, 0.29) is 17.5 Å². The maximum atomic E-state index is 11.3. The number of fused-ring (bicyclic) bond motifs is 1. The SMILES string of the molecule is COc1ccc2[nH]cc(C(c3ccc(O)c([N+](=O)[O-])c3)n3ccnc3)c2c1. The van der Waals surface area contributed by atoms with E-state index < -0.39 is 4.92 Å². The van der Waals surface area contributed by atoms with Gasteiger partial charge in [0.25, 0.3) is 0 Å². The number of nitrogens with one attached hydrogen (secondary N) is 1. The monoisotopic (exact) mass is 364 g/mol. The van der Waals surface area contributed by atoms with Gasteiger partial charge in [-0.3, -0.25) is 10.1 Å². The van der Waals surface area contributed by atoms with Gasteiger partial charge >= 0.3 is 5.69 Å². The Labute approximate surface area is 153 Å². The van der Waals surface area contributed by atoms with Crippen molar-refractivity contribution >= 4 is 16.6 Å². The van der Waals surface area contributed by atoms with Crippen LogP contribution in [0.25, 0.3) is 10.9 Å². The number of rotatable bonds is 5. The smallest absolute Gasteiger partial charge is 0.311 e. The number of phenolic OH excluding ortho intramolecular Hbond substituents is 1. The Morgan fingerprint density at radius 2 is 2.15 bits per heavy atom. The fourth-order valence-corrected chi connectivity index (χ4v) is 3.27. The van der Waals surface area contributed by atoms with Gasteiger partial charge in [0.1, 0.15) is 5.75 Å². The van der Waals surface area contributed by atoms with Crippen LogP contribution in [0, 0.1) is 10.1 Å². The molecule has 0 saturated carbocycles. The third-order valence-electron chi connectivity index (χ3n) is 4.55. The molecule has 0 aliphatic rings. The number of methoxy groups -OCH3 is 1. The highest BCUT2D eigenvalue weighted by Crippen LogP contribution is 2.37. The quantitative estimate of drug-likeness (QED) is 0.415. The molecule has 2 heterocycles. The van der Waals surface area contributed by atoms with Crippen molar-refractivity contribution in [2.45, 2.75) is 6.04 Å². The zero-order valence-electron chi connectivity index (χ0n) is 14.4. The Morgan fingerprint density at radius 3 is 2.85 bits per heavy atom. The zero-order chi connectivity index (χ0) is 19.0. The molecule has 2 N–H and O–H groups in total. The van der Waals surface area contributed by atoms with Crippen LogP contribution in [0.5, 0.6) is 11.5 Å². The Balaban J connectivity index is 1.94. The number of aromatic hydroxyl groups is 1. The molecule has 0 spiro atoms. The molecule has 2 aromatic heterocycles. The third kappa shape index (κ3) is 2.86. The molecular weight excluding hydrogens is 348 g/mol. The van der Waals surface area contributed by atoms with Crippen LogP contribution in [0.2, 0.25) is 0 Å². The molecule has 0 bridgehead atoms. The summed E-state index contributed by atoms with van der Waals surface area (Å²) in [5.74, 6) is 0.346. The van der Waals surface area contributed by atoms with Crippen LogP contribution in [0.15, 0.2) is 61.3 Å². The van der Waals surface area contributed by atoms with E-state index in [0.29, 0.717) is 11.3 Å². The summed E-state index contributed by atoms with van der Waals surface area (Å²) < 4.78 is 7.19. The van der Waals surface area contributed by atoms with Gasteiger partial charge in [0.2, 0.25) is 0 Å². The van der Waals surface area contributed by atoms with Crippen molar-refractivity contribution in [1.29, 1.82) is 0 Å². The second-order valence-electron chi connectivity index (χ2n) is 6.07. The highest BCUT2D eigenvalue weighted by molar-refractivity contribution is 5.85. The van der Waals surface area contributed by atoms with Crippen LogP contribution in [-0.2, 0) is 0 Å². The molecule has 2 aromatic carbocycles. The fourth-order valence-electron chi connectivity index (χ4n) is 3.27. The van der Waals surface area contributed by atoms with Crippen LogP contribution in [-0.4, -0.2) is 31.7 Å². The lowest BCUT2D eigenvalue weighted by molar-refractivity contribution is -0.385. The molecule has 27 heavy (non-hydrogen) atoms. The first-order valence-electron chi connectivity index (χ1n) is 8.18. The minimum absolute atomic E-state index is 0.338. The summed E-state index contributed by atoms with van der Waals surface area (Å²) in [6, 6.07) is 9.73. The number of aromatic amines is 1. The number of hydrogen-bond donors (Lipinski definition) is 2. The fraction of sp³-hybridized carbons (Fsp3) is 0.105. The van der Waals surface area contributed by atoms with E-state index in [1.807, 2.05) is 29.0 Å². The molecular formula is C19H16N4O4. The van der Waals surface area contributed by atoms with Crippen LogP contribution < -0.4 is 4.74 Å². The predicted octanol–water partition coefficient (Wildman–Crippen LogP) is 3.62. The van der Waals surface area contributed by atoms with Crippen LogP contribution in [0.3, 0.4) is 0 Å². The maximum Gasteiger partial charge on any atom is 0.311 e. The summed E-state index contributed by atoms with van der Waals surface area (Å²) >= 11 is 0. The average molecular weight is 364 g/mol. The Morgan fingerprint density at radius 1 is 1.30 bits per heavy atom. The first-order chi connectivity index (χ1) is 13.1. The van der Waals surface area contributed by atoms with Gasteiger partial charge in [0.15, 0.2) is 5.75 Å². The lowest BCUT2D eigenvalue weighted by Crippen LogP contribution is -2.10. The molecule has 0 radical (unpaired) electrons. The van der Waals surface area contributed by atoms with Gasteiger partial charge in [-0.2, -0.15) is 0 Å². The van der Waals surface area contributed by atoms with E-state index in [2.05, 4.69) is 9.97 Å². The van der Waals surface area contributed by atoms with Crippen molar-refractivity contribution in [2.24, 2.45) is 0 Å². The molecule has 0 saturated heterocycles. The first-order valence-corrected chi connectivity index (χ1v) is 8.18. The summed E-state index contributed by atoms with van der Waals surface area (Å²) in [6.45, 7) is 0. The predicted molar refractivity (Wildman–Crippen MR) is 99.1 cm³/mol. The van der Waals surface area contributed by atoms with Gasteiger partial charge in [0, 0.05) is 41.1 Å². The number of nitrogens with zero attached hydrogens (tertiary/aromatic N) is 3. The van der Waals surface area contributed by atoms with Crippen molar-refractivity contribution in [2.75, 3.05) is 7.11 Å². The topological polar surface area (TPSA) is 106 Å². The van der Waals surface area contributed by atoms with Gasteiger partial charge in [-0.15, -0.1) is 0 Å². The van der Waals surface area contributed by atoms with Gasteiger partial charge in [0.05, 0.1) is 24.4 Å². The summed E-state index contributed by atoms with van der Waals surface area (Å²) in [6.07, 6.45) is 6.97. The third-order valence-corrected chi connectivity index (χ3v) is 4.55. The lowest BCUT2D eigenvalue weighted by atomic mass is 9.97. The Kier molecular flexibility index (Phi) is 4.00. The summed E-state index contributed by atoms with van der Waals surface area (Å²) in [5, 5.41) is 22.0. The molecule has 0 fully saturated rings. The molecule has 1 unspecified atom stereocenters. The van der Waals surface area contributed by atoms with E-state index >= 15 is 0 Å². The van der Waals surface area contributed by atoms with Crippen molar-refractivity contribution in [1.82, 2.24) is 14.5 Å². The van der Waals surface area contributed by atoms with Crippen molar-refractivity contribution < 1.29 is 14.8 Å². The average Bonchev–Trinajstić information content (AvgIpc) is 3.33. The van der Waals surface area contributed by atoms with Gasteiger partial charge < -0.3 is 19.4 Å². The number of benzene rings is 2. The standard InChI is InChI=1S/C19H16N4O4/c1-27-13-3-4-16-14(9-13)15(10-21-16)19(22-7-6-20-11-22)12-2-5-18(24)17(8-12)23(25)26/h2-11,19,21,24H,1H3. The Hall–Kier alpha value is -3.81. The molecule has 4 aromatic rings. The lowest BCUT2D eigenvalue weighted by Gasteiger charge is -2.19. The second-order valence-corrected chi connectivity index (χ2v) is 6.07. The van der Waals surface area contributed by atoms with E-state index in [9.17, 15) is 15.2 Å². The first kappa shape index (κ1) is 16.6. The molecule has 0 amide bonds. The summed E-state index contributed by atoms with van der Waals surface area (Å²) in [4.78, 5) is 18.0. The van der Waals surface area contributed by atoms with Crippen LogP contribution >= 0.6 is 0 Å². The van der Waals surface area contributed by atoms with E-state index in [1.54, 1.807) is 31.9 Å². The van der Waals surface area contributed by atoms with Crippen LogP contribution in [0.4, 0.5) is 5.69 Å². The van der Waals surface area contributed by atoms with Gasteiger partial charge in [-0.1, -0.05) is 6.07 Å². The Bertz CT molecular complexity index is 1120. The molecule has 8 nitrogen and oxygen atoms in total. The highest BCUT2D eigenvalue weighted by atomic mass is 16.6. The minimum atomic E-state index is -0.595. The molecule has 8 heteroatoms. The van der Waals surface area contributed by atoms with Gasteiger partial charge in [-0.05, 0) is 29.8 Å². The van der Waals surface area contributed by atoms with Crippen molar-refractivity contribution in [3.8, 4) is 11.5 Å². The minimum Gasteiger partial charge on any atom is -0.502 e. The highest BCUT2D eigenvalue weighted by Gasteiger charge is 2.23. The van der Waals surface area contributed by atoms with Crippen molar-refractivity contribution in [3.05, 3.63) is 82.6 Å². The van der Waals surface area contributed by atoms with Gasteiger partial charge in [-0.25, -0.2) is 4.98 Å². The van der Waals surface area contributed by atoms with Crippen LogP contribution in [0.1, 0.15) is 17.2 Å². The summed E-state index contributed by atoms with van der Waals surface area (Å²) in [7, 11) is 1.60. The molecule has 136 valence electrons. The van der Waals surface area contributed by atoms with E-state index in [4.69, 9.17) is 4.74 Å². The zero-order valence-corrected chi connectivity index (χ0v) is 14.4. The van der Waals surface area contributed by atoms with Crippen molar-refractivity contribution in [3.63, 3.8) is 0 Å². The molecule has 1 atom stereocenters. The normalized spacial score (nSPS) is 12.2.